The topological polar surface area (TPSA) is 72.2 Å². The van der Waals surface area contributed by atoms with Gasteiger partial charge in [-0.2, -0.15) is 4.52 Å². The molecule has 3 aromatic rings. The van der Waals surface area contributed by atoms with Crippen molar-refractivity contribution in [2.24, 2.45) is 5.92 Å². The second kappa shape index (κ2) is 7.11. The number of fused-ring (bicyclic) bond motifs is 1. The second-order valence-corrected chi connectivity index (χ2v) is 7.78. The number of anilines is 1. The summed E-state index contributed by atoms with van der Waals surface area (Å²) in [6.07, 6.45) is 6.49. The van der Waals surface area contributed by atoms with E-state index in [9.17, 15) is 9.18 Å². The molecule has 0 bridgehead atoms. The van der Waals surface area contributed by atoms with Crippen molar-refractivity contribution in [3.63, 3.8) is 0 Å². The van der Waals surface area contributed by atoms with Gasteiger partial charge in [0.1, 0.15) is 5.82 Å². The van der Waals surface area contributed by atoms with E-state index >= 15 is 0 Å². The Bertz CT molecular complexity index is 944. The summed E-state index contributed by atoms with van der Waals surface area (Å²) in [7, 11) is 0. The number of nitrogens with one attached hydrogen (secondary N) is 1. The van der Waals surface area contributed by atoms with Gasteiger partial charge in [0.25, 0.3) is 0 Å². The zero-order chi connectivity index (χ0) is 18.1. The van der Waals surface area contributed by atoms with Crippen molar-refractivity contribution < 1.29 is 9.18 Å². The standard InChI is InChI=1S/C18H20FN5OS/c1-11-6-8-13(10-14(11)19)16-21-22-18-24(16)23-17(26-18)20-15(25)9-7-12-4-2-3-5-12/h6,8,10,12H,2-5,7,9H2,1H3,(H,20,23,25). The molecule has 0 unspecified atom stereocenters. The van der Waals surface area contributed by atoms with Crippen molar-refractivity contribution in [3.05, 3.63) is 29.6 Å². The Morgan fingerprint density at radius 2 is 2.15 bits per heavy atom. The molecule has 136 valence electrons. The van der Waals surface area contributed by atoms with Crippen LogP contribution in [-0.4, -0.2) is 25.7 Å². The molecule has 4 rings (SSSR count). The van der Waals surface area contributed by atoms with E-state index in [1.54, 1.807) is 23.6 Å². The van der Waals surface area contributed by atoms with Gasteiger partial charge in [-0.15, -0.1) is 15.3 Å². The lowest BCUT2D eigenvalue weighted by atomic mass is 10.0. The number of hydrogen-bond donors (Lipinski definition) is 1. The average Bonchev–Trinajstić information content (AvgIpc) is 3.32. The maximum atomic E-state index is 13.8. The van der Waals surface area contributed by atoms with Gasteiger partial charge in [0, 0.05) is 12.0 Å². The molecule has 1 aliphatic rings. The highest BCUT2D eigenvalue weighted by molar-refractivity contribution is 7.20. The number of nitrogens with zero attached hydrogens (tertiary/aromatic N) is 4. The Morgan fingerprint density at radius 3 is 2.92 bits per heavy atom. The minimum Gasteiger partial charge on any atom is -0.301 e. The highest BCUT2D eigenvalue weighted by Crippen LogP contribution is 2.29. The maximum absolute atomic E-state index is 13.8. The van der Waals surface area contributed by atoms with E-state index in [2.05, 4.69) is 20.6 Å². The van der Waals surface area contributed by atoms with Gasteiger partial charge in [-0.25, -0.2) is 4.39 Å². The fraction of sp³-hybridized carbons (Fsp3) is 0.444. The maximum Gasteiger partial charge on any atom is 0.236 e. The summed E-state index contributed by atoms with van der Waals surface area (Å²) in [6.45, 7) is 1.71. The van der Waals surface area contributed by atoms with Crippen LogP contribution in [0.2, 0.25) is 0 Å². The van der Waals surface area contributed by atoms with Gasteiger partial charge >= 0.3 is 0 Å². The summed E-state index contributed by atoms with van der Waals surface area (Å²) < 4.78 is 15.4. The van der Waals surface area contributed by atoms with Gasteiger partial charge in [0.15, 0.2) is 5.82 Å². The lowest BCUT2D eigenvalue weighted by Crippen LogP contribution is -2.12. The third kappa shape index (κ3) is 3.46. The number of halogens is 1. The summed E-state index contributed by atoms with van der Waals surface area (Å²) >= 11 is 1.26. The van der Waals surface area contributed by atoms with Gasteiger partial charge in [-0.05, 0) is 30.9 Å². The van der Waals surface area contributed by atoms with Gasteiger partial charge in [0.2, 0.25) is 16.0 Å². The summed E-state index contributed by atoms with van der Waals surface area (Å²) in [5.74, 6) is 0.822. The van der Waals surface area contributed by atoms with Crippen LogP contribution >= 0.6 is 11.3 Å². The van der Waals surface area contributed by atoms with E-state index < -0.39 is 0 Å². The quantitative estimate of drug-likeness (QED) is 0.727. The molecule has 1 aliphatic carbocycles. The van der Waals surface area contributed by atoms with E-state index in [0.717, 1.165) is 6.42 Å². The van der Waals surface area contributed by atoms with Gasteiger partial charge in [-0.3, -0.25) is 4.79 Å². The van der Waals surface area contributed by atoms with Gasteiger partial charge in [-0.1, -0.05) is 49.2 Å². The monoisotopic (exact) mass is 373 g/mol. The van der Waals surface area contributed by atoms with E-state index in [1.165, 1.54) is 43.1 Å². The summed E-state index contributed by atoms with van der Waals surface area (Å²) in [6, 6.07) is 4.91. The minimum absolute atomic E-state index is 0.0233. The largest absolute Gasteiger partial charge is 0.301 e. The van der Waals surface area contributed by atoms with Crippen LogP contribution in [0.1, 0.15) is 44.1 Å². The molecule has 1 amide bonds. The van der Waals surface area contributed by atoms with Crippen LogP contribution in [0.25, 0.3) is 16.3 Å². The number of carbonyl (C=O) groups is 1. The molecular weight excluding hydrogens is 353 g/mol. The Hall–Kier alpha value is -2.35. The Labute approximate surface area is 154 Å². The Kier molecular flexibility index (Phi) is 4.67. The number of aromatic nitrogens is 4. The zero-order valence-electron chi connectivity index (χ0n) is 14.5. The predicted octanol–water partition coefficient (Wildman–Crippen LogP) is 4.21. The molecule has 0 radical (unpaired) electrons. The molecule has 1 aromatic carbocycles. The van der Waals surface area contributed by atoms with Crippen LogP contribution in [0.4, 0.5) is 9.52 Å². The molecule has 0 spiro atoms. The van der Waals surface area contributed by atoms with Crippen molar-refractivity contribution in [2.75, 3.05) is 5.32 Å². The van der Waals surface area contributed by atoms with Crippen molar-refractivity contribution in [1.29, 1.82) is 0 Å². The van der Waals surface area contributed by atoms with Crippen molar-refractivity contribution in [1.82, 2.24) is 19.8 Å². The molecule has 1 N–H and O–H groups in total. The smallest absolute Gasteiger partial charge is 0.236 e. The van der Waals surface area contributed by atoms with Crippen molar-refractivity contribution in [3.8, 4) is 11.4 Å². The van der Waals surface area contributed by atoms with Crippen molar-refractivity contribution in [2.45, 2.75) is 45.4 Å². The molecular formula is C18H20FN5OS. The van der Waals surface area contributed by atoms with Crippen LogP contribution in [0.3, 0.4) is 0 Å². The number of carbonyl (C=O) groups excluding carboxylic acids is 1. The molecule has 26 heavy (non-hydrogen) atoms. The molecule has 2 heterocycles. The summed E-state index contributed by atoms with van der Waals surface area (Å²) in [5.41, 5.74) is 1.17. The predicted molar refractivity (Wildman–Crippen MR) is 98.6 cm³/mol. The molecule has 6 nitrogen and oxygen atoms in total. The van der Waals surface area contributed by atoms with Crippen LogP contribution in [0.5, 0.6) is 0 Å². The third-order valence-electron chi connectivity index (χ3n) is 4.92. The first-order chi connectivity index (χ1) is 12.6. The molecule has 0 atom stereocenters. The molecule has 1 saturated carbocycles. The van der Waals surface area contributed by atoms with Crippen LogP contribution in [-0.2, 0) is 4.79 Å². The minimum atomic E-state index is -0.296. The van der Waals surface area contributed by atoms with E-state index in [1.807, 2.05) is 0 Å². The first-order valence-electron chi connectivity index (χ1n) is 8.89. The first kappa shape index (κ1) is 17.1. The van der Waals surface area contributed by atoms with Crippen LogP contribution in [0, 0.1) is 18.7 Å². The number of amides is 1. The normalized spacial score (nSPS) is 15.0. The number of hydrogen-bond acceptors (Lipinski definition) is 5. The van der Waals surface area contributed by atoms with E-state index in [4.69, 9.17) is 0 Å². The lowest BCUT2D eigenvalue weighted by molar-refractivity contribution is -0.116. The highest BCUT2D eigenvalue weighted by atomic mass is 32.1. The van der Waals surface area contributed by atoms with E-state index in [0.29, 0.717) is 39.4 Å². The fourth-order valence-electron chi connectivity index (χ4n) is 3.40. The van der Waals surface area contributed by atoms with Gasteiger partial charge in [0.05, 0.1) is 0 Å². The molecule has 0 saturated heterocycles. The number of aryl methyl sites for hydroxylation is 1. The average molecular weight is 373 g/mol. The van der Waals surface area contributed by atoms with E-state index in [-0.39, 0.29) is 11.7 Å². The van der Waals surface area contributed by atoms with Gasteiger partial charge < -0.3 is 5.32 Å². The van der Waals surface area contributed by atoms with Crippen LogP contribution in [0.15, 0.2) is 18.2 Å². The zero-order valence-corrected chi connectivity index (χ0v) is 15.4. The second-order valence-electron chi connectivity index (χ2n) is 6.83. The third-order valence-corrected chi connectivity index (χ3v) is 5.74. The summed E-state index contributed by atoms with van der Waals surface area (Å²) in [5, 5.41) is 15.9. The SMILES string of the molecule is Cc1ccc(-c2nnc3sc(NC(=O)CCC4CCCC4)nn23)cc1F. The highest BCUT2D eigenvalue weighted by Gasteiger charge is 2.18. The first-order valence-corrected chi connectivity index (χ1v) is 9.70. The van der Waals surface area contributed by atoms with Crippen LogP contribution < -0.4 is 5.32 Å². The fourth-order valence-corrected chi connectivity index (χ4v) is 4.15. The Balaban J connectivity index is 1.48. The lowest BCUT2D eigenvalue weighted by Gasteiger charge is -2.07. The van der Waals surface area contributed by atoms with Crippen molar-refractivity contribution >= 4 is 27.3 Å². The number of rotatable bonds is 5. The molecule has 2 aromatic heterocycles. The molecule has 0 aliphatic heterocycles. The molecule has 8 heteroatoms. The molecule has 1 fully saturated rings. The Morgan fingerprint density at radius 1 is 1.35 bits per heavy atom. The summed E-state index contributed by atoms with van der Waals surface area (Å²) in [4.78, 5) is 12.7. The number of benzene rings is 1.